The highest BCUT2D eigenvalue weighted by Gasteiger charge is 2.21. The summed E-state index contributed by atoms with van der Waals surface area (Å²) in [5.41, 5.74) is 6.38. The summed E-state index contributed by atoms with van der Waals surface area (Å²) in [5, 5.41) is 0. The summed E-state index contributed by atoms with van der Waals surface area (Å²) in [4.78, 5) is 24.5. The summed E-state index contributed by atoms with van der Waals surface area (Å²) in [5.74, 6) is 0.413. The zero-order valence-corrected chi connectivity index (χ0v) is 13.9. The minimum atomic E-state index is -0.489. The third-order valence-electron chi connectivity index (χ3n) is 3.77. The molecule has 0 spiro atoms. The molecule has 0 atom stereocenters. The van der Waals surface area contributed by atoms with Gasteiger partial charge >= 0.3 is 0 Å². The molecule has 1 aliphatic heterocycles. The van der Waals surface area contributed by atoms with E-state index in [0.717, 1.165) is 5.56 Å². The zero-order chi connectivity index (χ0) is 17.8. The third-order valence-corrected chi connectivity index (χ3v) is 3.77. The van der Waals surface area contributed by atoms with E-state index in [1.54, 1.807) is 18.2 Å². The number of ether oxygens (including phenoxy) is 3. The Morgan fingerprint density at radius 1 is 1.04 bits per heavy atom. The van der Waals surface area contributed by atoms with Crippen LogP contribution in [0.1, 0.15) is 26.3 Å². The number of amides is 2. The predicted molar refractivity (Wildman–Crippen MR) is 90.1 cm³/mol. The third kappa shape index (κ3) is 3.50. The minimum Gasteiger partial charge on any atom is -0.493 e. The van der Waals surface area contributed by atoms with Crippen molar-refractivity contribution in [2.45, 2.75) is 6.92 Å². The molecular formula is C18H18N2O5. The van der Waals surface area contributed by atoms with E-state index < -0.39 is 11.8 Å². The maximum atomic E-state index is 12.3. The molecule has 25 heavy (non-hydrogen) atoms. The van der Waals surface area contributed by atoms with Crippen LogP contribution in [0.5, 0.6) is 17.2 Å². The Morgan fingerprint density at radius 3 is 2.52 bits per heavy atom. The summed E-state index contributed by atoms with van der Waals surface area (Å²) in [6.45, 7) is 2.63. The topological polar surface area (TPSA) is 85.9 Å². The molecule has 0 radical (unpaired) electrons. The first-order valence-electron chi connectivity index (χ1n) is 7.74. The molecule has 7 nitrogen and oxygen atoms in total. The van der Waals surface area contributed by atoms with Gasteiger partial charge in [-0.2, -0.15) is 0 Å². The maximum absolute atomic E-state index is 12.3. The van der Waals surface area contributed by atoms with Crippen LogP contribution >= 0.6 is 0 Å². The average Bonchev–Trinajstić information content (AvgIpc) is 2.65. The fourth-order valence-electron chi connectivity index (χ4n) is 2.48. The highest BCUT2D eigenvalue weighted by molar-refractivity contribution is 6.00. The van der Waals surface area contributed by atoms with Gasteiger partial charge in [0.05, 0.1) is 7.11 Å². The van der Waals surface area contributed by atoms with Gasteiger partial charge in [0, 0.05) is 11.1 Å². The van der Waals surface area contributed by atoms with Crippen molar-refractivity contribution in [2.75, 3.05) is 20.3 Å². The normalized spacial score (nSPS) is 12.2. The van der Waals surface area contributed by atoms with Crippen molar-refractivity contribution in [1.29, 1.82) is 0 Å². The van der Waals surface area contributed by atoms with Crippen LogP contribution in [0.4, 0.5) is 0 Å². The monoisotopic (exact) mass is 342 g/mol. The lowest BCUT2D eigenvalue weighted by molar-refractivity contribution is 0.0845. The van der Waals surface area contributed by atoms with Gasteiger partial charge in [0.2, 0.25) is 5.75 Å². The number of hydrazine groups is 1. The summed E-state index contributed by atoms with van der Waals surface area (Å²) >= 11 is 0. The highest BCUT2D eigenvalue weighted by Crippen LogP contribution is 2.40. The van der Waals surface area contributed by atoms with Gasteiger partial charge in [0.15, 0.2) is 11.5 Å². The quantitative estimate of drug-likeness (QED) is 0.832. The van der Waals surface area contributed by atoms with E-state index in [1.165, 1.54) is 13.2 Å². The molecule has 0 saturated carbocycles. The number of methoxy groups -OCH3 is 1. The second-order valence-electron chi connectivity index (χ2n) is 5.43. The largest absolute Gasteiger partial charge is 0.493 e. The SMILES string of the molecule is COc1cc(C(=O)NNC(=O)c2ccccc2C)cc2c1OCCO2. The van der Waals surface area contributed by atoms with E-state index >= 15 is 0 Å². The fraction of sp³-hybridized carbons (Fsp3) is 0.222. The second kappa shape index (κ2) is 7.12. The van der Waals surface area contributed by atoms with Crippen LogP contribution in [0.2, 0.25) is 0 Å². The van der Waals surface area contributed by atoms with Gasteiger partial charge in [-0.05, 0) is 30.7 Å². The van der Waals surface area contributed by atoms with Crippen molar-refractivity contribution in [1.82, 2.24) is 10.9 Å². The van der Waals surface area contributed by atoms with Gasteiger partial charge in [0.1, 0.15) is 13.2 Å². The van der Waals surface area contributed by atoms with E-state index in [0.29, 0.717) is 36.0 Å². The van der Waals surface area contributed by atoms with Crippen LogP contribution in [0.15, 0.2) is 36.4 Å². The van der Waals surface area contributed by atoms with Crippen molar-refractivity contribution in [3.63, 3.8) is 0 Å². The summed E-state index contributed by atoms with van der Waals surface area (Å²) in [6.07, 6.45) is 0. The van der Waals surface area contributed by atoms with Gasteiger partial charge in [-0.3, -0.25) is 20.4 Å². The first-order valence-corrected chi connectivity index (χ1v) is 7.74. The Bertz CT molecular complexity index is 802. The van der Waals surface area contributed by atoms with Crippen LogP contribution in [0.25, 0.3) is 0 Å². The van der Waals surface area contributed by atoms with Crippen LogP contribution in [0.3, 0.4) is 0 Å². The van der Waals surface area contributed by atoms with E-state index in [4.69, 9.17) is 14.2 Å². The van der Waals surface area contributed by atoms with E-state index in [-0.39, 0.29) is 5.56 Å². The first-order chi connectivity index (χ1) is 12.1. The summed E-state index contributed by atoms with van der Waals surface area (Å²) in [7, 11) is 1.48. The fourth-order valence-corrected chi connectivity index (χ4v) is 2.48. The Hall–Kier alpha value is -3.22. The lowest BCUT2D eigenvalue weighted by Crippen LogP contribution is -2.41. The van der Waals surface area contributed by atoms with Gasteiger partial charge < -0.3 is 14.2 Å². The molecule has 2 N–H and O–H groups in total. The first kappa shape index (κ1) is 16.6. The van der Waals surface area contributed by atoms with Crippen molar-refractivity contribution in [3.05, 3.63) is 53.1 Å². The number of hydrogen-bond donors (Lipinski definition) is 2. The second-order valence-corrected chi connectivity index (χ2v) is 5.43. The zero-order valence-electron chi connectivity index (χ0n) is 13.9. The van der Waals surface area contributed by atoms with Crippen LogP contribution in [-0.2, 0) is 0 Å². The molecule has 0 fully saturated rings. The van der Waals surface area contributed by atoms with Gasteiger partial charge in [0.25, 0.3) is 11.8 Å². The van der Waals surface area contributed by atoms with Gasteiger partial charge in [-0.25, -0.2) is 0 Å². The number of hydrogen-bond acceptors (Lipinski definition) is 5. The van der Waals surface area contributed by atoms with Gasteiger partial charge in [-0.1, -0.05) is 18.2 Å². The number of rotatable bonds is 3. The standard InChI is InChI=1S/C18H18N2O5/c1-11-5-3-4-6-13(11)18(22)20-19-17(21)12-9-14(23-2)16-15(10-12)24-7-8-25-16/h3-6,9-10H,7-8H2,1-2H3,(H,19,21)(H,20,22). The van der Waals surface area contributed by atoms with Gasteiger partial charge in [-0.15, -0.1) is 0 Å². The molecule has 0 unspecified atom stereocenters. The Kier molecular flexibility index (Phi) is 4.74. The number of benzene rings is 2. The molecule has 1 aliphatic rings. The molecular weight excluding hydrogens is 324 g/mol. The van der Waals surface area contributed by atoms with E-state index in [2.05, 4.69) is 10.9 Å². The molecule has 130 valence electrons. The minimum absolute atomic E-state index is 0.284. The van der Waals surface area contributed by atoms with E-state index in [9.17, 15) is 9.59 Å². The molecule has 7 heteroatoms. The number of fused-ring (bicyclic) bond motifs is 1. The van der Waals surface area contributed by atoms with Crippen molar-refractivity contribution in [2.24, 2.45) is 0 Å². The summed E-state index contributed by atoms with van der Waals surface area (Å²) < 4.78 is 16.2. The van der Waals surface area contributed by atoms with Crippen molar-refractivity contribution in [3.8, 4) is 17.2 Å². The molecule has 0 bridgehead atoms. The highest BCUT2D eigenvalue weighted by atomic mass is 16.6. The lowest BCUT2D eigenvalue weighted by atomic mass is 10.1. The Balaban J connectivity index is 1.73. The molecule has 0 saturated heterocycles. The average molecular weight is 342 g/mol. The lowest BCUT2D eigenvalue weighted by Gasteiger charge is -2.21. The Labute approximate surface area is 144 Å². The molecule has 3 rings (SSSR count). The smallest absolute Gasteiger partial charge is 0.269 e. The maximum Gasteiger partial charge on any atom is 0.269 e. The van der Waals surface area contributed by atoms with Crippen LogP contribution < -0.4 is 25.1 Å². The van der Waals surface area contributed by atoms with Crippen molar-refractivity contribution >= 4 is 11.8 Å². The van der Waals surface area contributed by atoms with Crippen LogP contribution in [-0.4, -0.2) is 32.1 Å². The molecule has 2 aromatic carbocycles. The molecule has 2 aromatic rings. The number of aryl methyl sites for hydroxylation is 1. The van der Waals surface area contributed by atoms with Crippen molar-refractivity contribution < 1.29 is 23.8 Å². The molecule has 1 heterocycles. The predicted octanol–water partition coefficient (Wildman–Crippen LogP) is 1.85. The number of carbonyl (C=O) groups is 2. The molecule has 2 amide bonds. The number of carbonyl (C=O) groups excluding carboxylic acids is 2. The summed E-state index contributed by atoms with van der Waals surface area (Å²) in [6, 6.07) is 10.2. The molecule has 0 aliphatic carbocycles. The Morgan fingerprint density at radius 2 is 1.76 bits per heavy atom. The number of nitrogens with one attached hydrogen (secondary N) is 2. The molecule has 0 aromatic heterocycles. The van der Waals surface area contributed by atoms with Crippen LogP contribution in [0, 0.1) is 6.92 Å². The van der Waals surface area contributed by atoms with E-state index in [1.807, 2.05) is 19.1 Å².